The first-order valence-corrected chi connectivity index (χ1v) is 28.6. The summed E-state index contributed by atoms with van der Waals surface area (Å²) in [6.45, 7) is 17.6. The zero-order chi connectivity index (χ0) is 45.0. The molecule has 4 aliphatic heterocycles. The largest absolute Gasteiger partial charge is 0.335 e. The van der Waals surface area contributed by atoms with Gasteiger partial charge in [-0.05, 0) is 128 Å². The molecule has 6 aliphatic rings. The fourth-order valence-corrected chi connectivity index (χ4v) is 16.3. The van der Waals surface area contributed by atoms with E-state index in [1.807, 2.05) is 0 Å². The van der Waals surface area contributed by atoms with Crippen LogP contribution >= 0.6 is 0 Å². The van der Waals surface area contributed by atoms with Crippen molar-refractivity contribution in [2.45, 2.75) is 121 Å². The third-order valence-electron chi connectivity index (χ3n) is 18.1. The molecule has 0 radical (unpaired) electrons. The number of hydrogen-bond donors (Lipinski definition) is 0. The van der Waals surface area contributed by atoms with Crippen LogP contribution in [-0.4, -0.2) is 25.9 Å². The smallest absolute Gasteiger partial charge is 0.252 e. The van der Waals surface area contributed by atoms with E-state index in [0.717, 1.165) is 25.7 Å². The van der Waals surface area contributed by atoms with Crippen molar-refractivity contribution in [2.24, 2.45) is 0 Å². The molecule has 7 aromatic carbocycles. The zero-order valence-corrected chi connectivity index (χ0v) is 41.0. The first-order chi connectivity index (χ1) is 31.9. The number of nitrogens with zero attached hydrogens (tertiary/aromatic N) is 3. The van der Waals surface area contributed by atoms with Crippen molar-refractivity contribution in [1.82, 2.24) is 0 Å². The van der Waals surface area contributed by atoms with E-state index >= 15 is 0 Å². The van der Waals surface area contributed by atoms with Crippen LogP contribution in [0.2, 0.25) is 19.6 Å². The van der Waals surface area contributed by atoms with Crippen molar-refractivity contribution in [3.8, 4) is 0 Å². The summed E-state index contributed by atoms with van der Waals surface area (Å²) >= 11 is 0. The highest BCUT2D eigenvalue weighted by atomic mass is 28.3. The maximum atomic E-state index is 2.97. The minimum Gasteiger partial charge on any atom is -0.335 e. The van der Waals surface area contributed by atoms with Gasteiger partial charge in [-0.1, -0.05) is 177 Å². The van der Waals surface area contributed by atoms with Crippen molar-refractivity contribution < 1.29 is 0 Å². The molecule has 0 spiro atoms. The van der Waals surface area contributed by atoms with Gasteiger partial charge in [0.1, 0.15) is 0 Å². The highest BCUT2D eigenvalue weighted by Crippen LogP contribution is 2.67. The molecule has 5 heteroatoms. The Morgan fingerprint density at radius 1 is 0.470 bits per heavy atom. The van der Waals surface area contributed by atoms with E-state index in [9.17, 15) is 0 Å². The van der Waals surface area contributed by atoms with Crippen LogP contribution in [0.15, 0.2) is 152 Å². The predicted molar refractivity (Wildman–Crippen MR) is 284 cm³/mol. The molecule has 66 heavy (non-hydrogen) atoms. The Morgan fingerprint density at radius 2 is 1.05 bits per heavy atom. The van der Waals surface area contributed by atoms with Gasteiger partial charge in [0.25, 0.3) is 6.71 Å². The molecule has 0 bridgehead atoms. The van der Waals surface area contributed by atoms with E-state index in [1.54, 1.807) is 10.8 Å². The lowest BCUT2D eigenvalue weighted by Crippen LogP contribution is -2.65. The molecular weight excluding hydrogens is 814 g/mol. The highest BCUT2D eigenvalue weighted by molar-refractivity contribution is 7.01. The zero-order valence-electron chi connectivity index (χ0n) is 40.0. The minimum absolute atomic E-state index is 0.0954. The van der Waals surface area contributed by atoms with E-state index in [4.69, 9.17) is 0 Å². The molecule has 0 aromatic heterocycles. The fourth-order valence-electron chi connectivity index (χ4n) is 15.1. The average molecular weight is 876 g/mol. The molecule has 4 atom stereocenters. The molecular formula is C61H62BN3Si. The minimum atomic E-state index is -1.80. The molecule has 2 saturated carbocycles. The number of benzene rings is 7. The molecule has 13 rings (SSSR count). The number of fused-ring (bicyclic) bond motifs is 10. The summed E-state index contributed by atoms with van der Waals surface area (Å²) in [5, 5.41) is 1.58. The Hall–Kier alpha value is -5.78. The fraction of sp³-hybridized carbons (Fsp3) is 0.311. The van der Waals surface area contributed by atoms with Gasteiger partial charge in [0.15, 0.2) is 0 Å². The van der Waals surface area contributed by atoms with Crippen molar-refractivity contribution >= 4 is 76.2 Å². The molecule has 2 aliphatic carbocycles. The van der Waals surface area contributed by atoms with Gasteiger partial charge < -0.3 is 14.7 Å². The maximum absolute atomic E-state index is 2.97. The van der Waals surface area contributed by atoms with E-state index in [0.29, 0.717) is 0 Å². The quantitative estimate of drug-likeness (QED) is 0.160. The SMILES string of the molecule is Cc1ccc(N2c3ccc(C)cc3B3c4cc([Si](C)(C)C)cc5c4N(c4cc(N6c7ccccc7C7(c8ccccc8)CCCCC67C)cc2c43)C2(C)CCCCC52c2ccccc2)cc1. The summed E-state index contributed by atoms with van der Waals surface area (Å²) in [4.78, 5) is 8.48. The van der Waals surface area contributed by atoms with Crippen LogP contribution in [0.5, 0.6) is 0 Å². The molecule has 3 nitrogen and oxygen atoms in total. The summed E-state index contributed by atoms with van der Waals surface area (Å²) in [6.07, 6.45) is 9.47. The molecule has 2 fully saturated rings. The van der Waals surface area contributed by atoms with Crippen LogP contribution in [0, 0.1) is 13.8 Å². The summed E-state index contributed by atoms with van der Waals surface area (Å²) in [6, 6.07) is 60.3. The van der Waals surface area contributed by atoms with E-state index in [1.165, 1.54) is 110 Å². The molecule has 7 aromatic rings. The van der Waals surface area contributed by atoms with E-state index in [-0.39, 0.29) is 28.6 Å². The van der Waals surface area contributed by atoms with Crippen LogP contribution in [0.1, 0.15) is 98.6 Å². The third kappa shape index (κ3) is 5.05. The van der Waals surface area contributed by atoms with Gasteiger partial charge in [0, 0.05) is 50.6 Å². The lowest BCUT2D eigenvalue weighted by atomic mass is 9.33. The Kier molecular flexibility index (Phi) is 8.52. The van der Waals surface area contributed by atoms with E-state index < -0.39 is 8.07 Å². The van der Waals surface area contributed by atoms with Crippen LogP contribution in [-0.2, 0) is 10.8 Å². The predicted octanol–water partition coefficient (Wildman–Crippen LogP) is 13.0. The van der Waals surface area contributed by atoms with Crippen molar-refractivity contribution in [3.05, 3.63) is 185 Å². The van der Waals surface area contributed by atoms with Crippen molar-refractivity contribution in [1.29, 1.82) is 0 Å². The Bertz CT molecular complexity index is 3120. The second kappa shape index (κ2) is 13.9. The Balaban J connectivity index is 1.18. The monoisotopic (exact) mass is 875 g/mol. The molecule has 0 N–H and O–H groups in total. The lowest BCUT2D eigenvalue weighted by Gasteiger charge is -2.55. The summed E-state index contributed by atoms with van der Waals surface area (Å²) < 4.78 is 0. The van der Waals surface area contributed by atoms with E-state index in [2.05, 4.69) is 214 Å². The van der Waals surface area contributed by atoms with Gasteiger partial charge >= 0.3 is 0 Å². The summed E-state index contributed by atoms with van der Waals surface area (Å²) in [5.74, 6) is 0. The second-order valence-corrected chi connectivity index (χ2v) is 27.5. The maximum Gasteiger partial charge on any atom is 0.252 e. The van der Waals surface area contributed by atoms with Gasteiger partial charge in [0.2, 0.25) is 0 Å². The summed E-state index contributed by atoms with van der Waals surface area (Å²) in [5.41, 5.74) is 21.7. The Morgan fingerprint density at radius 3 is 1.71 bits per heavy atom. The van der Waals surface area contributed by atoms with Crippen LogP contribution in [0.25, 0.3) is 0 Å². The number of para-hydroxylation sites is 1. The molecule has 4 heterocycles. The Labute approximate surface area is 394 Å². The lowest BCUT2D eigenvalue weighted by molar-refractivity contribution is 0.214. The molecule has 0 saturated heterocycles. The standard InChI is InChI=1S/C61H62BN3Si/c1-41-26-29-45(30-27-41)63-53-31-28-42(2)36-50(53)62-51-40-47(66(5,6)7)39-49-57(51)65(59(4)33-17-19-35-61(49,59)44-22-12-9-13-23-44)55-38-46(37-54(63)56(55)62)64-52-25-15-14-24-48(52)60(43-20-10-8-11-21-43)34-18-16-32-58(60,64)3/h8-15,20-31,36-40H,16-19,32-35H2,1-7H3. The number of aryl methyl sites for hydroxylation is 2. The van der Waals surface area contributed by atoms with Crippen LogP contribution in [0.4, 0.5) is 39.8 Å². The van der Waals surface area contributed by atoms with Crippen molar-refractivity contribution in [3.63, 3.8) is 0 Å². The van der Waals surface area contributed by atoms with Crippen molar-refractivity contribution in [2.75, 3.05) is 14.7 Å². The molecule has 4 unspecified atom stereocenters. The average Bonchev–Trinajstić information content (AvgIpc) is 3.72. The first kappa shape index (κ1) is 40.5. The second-order valence-electron chi connectivity index (χ2n) is 22.5. The number of anilines is 7. The number of rotatable bonds is 5. The van der Waals surface area contributed by atoms with Gasteiger partial charge in [-0.25, -0.2) is 0 Å². The third-order valence-corrected chi connectivity index (χ3v) is 20.1. The normalized spacial score (nSPS) is 25.4. The molecule has 0 amide bonds. The van der Waals surface area contributed by atoms with Gasteiger partial charge in [0.05, 0.1) is 19.2 Å². The van der Waals surface area contributed by atoms with Gasteiger partial charge in [-0.3, -0.25) is 0 Å². The first-order valence-electron chi connectivity index (χ1n) is 25.1. The highest BCUT2D eigenvalue weighted by Gasteiger charge is 2.65. The van der Waals surface area contributed by atoms with Gasteiger partial charge in [-0.2, -0.15) is 0 Å². The summed E-state index contributed by atoms with van der Waals surface area (Å²) in [7, 11) is -1.80. The van der Waals surface area contributed by atoms with Gasteiger partial charge in [-0.15, -0.1) is 0 Å². The topological polar surface area (TPSA) is 9.72 Å². The molecule has 328 valence electrons. The number of hydrogen-bond acceptors (Lipinski definition) is 3. The van der Waals surface area contributed by atoms with Crippen LogP contribution < -0.4 is 36.3 Å². The van der Waals surface area contributed by atoms with Crippen LogP contribution in [0.3, 0.4) is 0 Å².